The second-order valence-electron chi connectivity index (χ2n) is 11.7. The smallest absolute Gasteiger partial charge is 0.236 e. The van der Waals surface area contributed by atoms with Gasteiger partial charge in [0.25, 0.3) is 0 Å². The Hall–Kier alpha value is -5.60. The van der Waals surface area contributed by atoms with E-state index in [0.29, 0.717) is 56.2 Å². The Morgan fingerprint density at radius 3 is 2.39 bits per heavy atom. The van der Waals surface area contributed by atoms with E-state index in [2.05, 4.69) is 53.5 Å². The average Bonchev–Trinajstić information content (AvgIpc) is 3.76. The maximum absolute atomic E-state index is 13.2. The Morgan fingerprint density at radius 2 is 1.65 bits per heavy atom. The first-order valence-electron chi connectivity index (χ1n) is 15.5. The highest BCUT2D eigenvalue weighted by Crippen LogP contribution is 2.29. The number of likely N-dealkylation sites (tertiary alicyclic amines) is 1. The molecule has 2 amide bonds. The first kappa shape index (κ1) is 29.1. The molecule has 11 nitrogen and oxygen atoms in total. The summed E-state index contributed by atoms with van der Waals surface area (Å²) in [5.74, 6) is 0.581. The third kappa shape index (κ3) is 6.16. The minimum absolute atomic E-state index is 0.0452. The van der Waals surface area contributed by atoms with Crippen molar-refractivity contribution in [3.63, 3.8) is 0 Å². The summed E-state index contributed by atoms with van der Waals surface area (Å²) in [6.07, 6.45) is 4.19. The number of hydrogen-bond donors (Lipinski definition) is 2. The molecule has 11 heteroatoms. The normalized spacial score (nSPS) is 16.8. The van der Waals surface area contributed by atoms with Crippen LogP contribution < -0.4 is 10.2 Å². The van der Waals surface area contributed by atoms with E-state index in [1.165, 1.54) is 0 Å². The Balaban J connectivity index is 0.901. The summed E-state index contributed by atoms with van der Waals surface area (Å²) >= 11 is 0. The van der Waals surface area contributed by atoms with Crippen LogP contribution in [0, 0.1) is 17.2 Å². The molecule has 2 fully saturated rings. The van der Waals surface area contributed by atoms with Crippen LogP contribution in [-0.2, 0) is 9.59 Å². The Bertz CT molecular complexity index is 1890. The number of nitrogens with one attached hydrogen (secondary N) is 2. The lowest BCUT2D eigenvalue weighted by Gasteiger charge is -2.36. The first-order chi connectivity index (χ1) is 22.5. The molecule has 2 N–H and O–H groups in total. The fourth-order valence-electron chi connectivity index (χ4n) is 6.22. The molecule has 2 aromatic heterocycles. The number of carbonyl (C=O) groups is 2. The number of aromatic nitrogens is 4. The molecule has 7 rings (SSSR count). The van der Waals surface area contributed by atoms with Gasteiger partial charge in [0, 0.05) is 73.0 Å². The Morgan fingerprint density at radius 1 is 0.913 bits per heavy atom. The summed E-state index contributed by atoms with van der Waals surface area (Å²) in [6, 6.07) is 25.1. The van der Waals surface area contributed by atoms with Gasteiger partial charge < -0.3 is 15.1 Å². The zero-order valence-corrected chi connectivity index (χ0v) is 25.3. The van der Waals surface area contributed by atoms with Gasteiger partial charge in [0.1, 0.15) is 0 Å². The summed E-state index contributed by atoms with van der Waals surface area (Å²) in [4.78, 5) is 41.3. The maximum atomic E-state index is 13.2. The number of nitriles is 1. The van der Waals surface area contributed by atoms with Crippen molar-refractivity contribution in [2.45, 2.75) is 6.42 Å². The third-order valence-corrected chi connectivity index (χ3v) is 8.81. The van der Waals surface area contributed by atoms with Gasteiger partial charge in [-0.3, -0.25) is 19.6 Å². The van der Waals surface area contributed by atoms with Gasteiger partial charge in [-0.2, -0.15) is 10.4 Å². The van der Waals surface area contributed by atoms with Crippen molar-refractivity contribution in [1.29, 1.82) is 5.26 Å². The number of aromatic amines is 1. The van der Waals surface area contributed by atoms with Crippen molar-refractivity contribution in [2.24, 2.45) is 5.92 Å². The highest BCUT2D eigenvalue weighted by atomic mass is 16.2. The second kappa shape index (κ2) is 12.8. The Kier molecular flexibility index (Phi) is 8.10. The van der Waals surface area contributed by atoms with Crippen LogP contribution in [0.3, 0.4) is 0 Å². The average molecular weight is 612 g/mol. The zero-order valence-electron chi connectivity index (χ0n) is 25.3. The first-order valence-corrected chi connectivity index (χ1v) is 15.5. The van der Waals surface area contributed by atoms with E-state index in [1.54, 1.807) is 30.6 Å². The van der Waals surface area contributed by atoms with Gasteiger partial charge >= 0.3 is 0 Å². The van der Waals surface area contributed by atoms with Crippen molar-refractivity contribution >= 4 is 34.1 Å². The molecule has 0 spiro atoms. The lowest BCUT2D eigenvalue weighted by atomic mass is 10.1. The molecule has 0 radical (unpaired) electrons. The molecule has 2 aliphatic heterocycles. The largest absolute Gasteiger partial charge is 0.368 e. The van der Waals surface area contributed by atoms with Crippen molar-refractivity contribution in [3.8, 4) is 28.7 Å². The standard InChI is InChI=1S/C35H33N9O2/c36-21-24-2-4-25(5-3-24)33-30-20-28(8-11-31(30)40-41-33)39-35(46)27-12-15-42(22-27)23-32(45)44-18-16-43(17-19-44)29-9-6-26(7-10-29)34-37-13-1-14-38-34/h1-11,13-14,20,27H,12,15-19,22-23H2,(H,39,46)(H,40,41)/t27-/m1/s1. The van der Waals surface area contributed by atoms with Gasteiger partial charge in [-0.05, 0) is 73.6 Å². The van der Waals surface area contributed by atoms with Crippen LogP contribution in [-0.4, -0.2) is 87.6 Å². The van der Waals surface area contributed by atoms with Crippen LogP contribution in [0.4, 0.5) is 11.4 Å². The van der Waals surface area contributed by atoms with E-state index >= 15 is 0 Å². The van der Waals surface area contributed by atoms with Crippen LogP contribution in [0.1, 0.15) is 12.0 Å². The number of H-pyrrole nitrogens is 1. The zero-order chi connectivity index (χ0) is 31.5. The Labute approximate surface area is 266 Å². The lowest BCUT2D eigenvalue weighted by molar-refractivity contribution is -0.132. The number of fused-ring (bicyclic) bond motifs is 1. The van der Waals surface area contributed by atoms with Crippen LogP contribution >= 0.6 is 0 Å². The van der Waals surface area contributed by atoms with Crippen molar-refractivity contribution < 1.29 is 9.59 Å². The van der Waals surface area contributed by atoms with E-state index in [4.69, 9.17) is 5.26 Å². The number of rotatable bonds is 7. The van der Waals surface area contributed by atoms with Crippen molar-refractivity contribution in [3.05, 3.63) is 90.8 Å². The molecule has 4 heterocycles. The molecule has 5 aromatic rings. The predicted molar refractivity (Wildman–Crippen MR) is 176 cm³/mol. The molecule has 0 unspecified atom stereocenters. The summed E-state index contributed by atoms with van der Waals surface area (Å²) in [7, 11) is 0. The third-order valence-electron chi connectivity index (χ3n) is 8.81. The number of carbonyl (C=O) groups excluding carboxylic acids is 2. The molecule has 46 heavy (non-hydrogen) atoms. The van der Waals surface area contributed by atoms with E-state index in [9.17, 15) is 9.59 Å². The number of piperazine rings is 1. The molecule has 0 saturated carbocycles. The van der Waals surface area contributed by atoms with Crippen molar-refractivity contribution in [2.75, 3.05) is 56.0 Å². The topological polar surface area (TPSA) is 134 Å². The van der Waals surface area contributed by atoms with E-state index in [-0.39, 0.29) is 17.7 Å². The SMILES string of the molecule is N#Cc1ccc(-c2n[nH]c3ccc(NC(=O)[C@@H]4CCN(CC(=O)N5CCN(c6ccc(-c7ncccn7)cc6)CC5)C4)cc23)cc1. The van der Waals surface area contributed by atoms with E-state index in [1.807, 2.05) is 47.4 Å². The molecule has 0 bridgehead atoms. The van der Waals surface area contributed by atoms with Crippen LogP contribution in [0.5, 0.6) is 0 Å². The minimum Gasteiger partial charge on any atom is -0.368 e. The molecule has 2 aliphatic rings. The van der Waals surface area contributed by atoms with Gasteiger partial charge in [-0.1, -0.05) is 12.1 Å². The summed E-state index contributed by atoms with van der Waals surface area (Å²) < 4.78 is 0. The summed E-state index contributed by atoms with van der Waals surface area (Å²) in [6.45, 7) is 4.47. The monoisotopic (exact) mass is 611 g/mol. The molecule has 230 valence electrons. The van der Waals surface area contributed by atoms with Crippen LogP contribution in [0.25, 0.3) is 33.5 Å². The quantitative estimate of drug-likeness (QED) is 0.280. The maximum Gasteiger partial charge on any atom is 0.236 e. The number of benzene rings is 3. The van der Waals surface area contributed by atoms with Crippen LogP contribution in [0.15, 0.2) is 85.2 Å². The number of amides is 2. The number of nitrogens with zero attached hydrogens (tertiary/aromatic N) is 7. The molecular formula is C35H33N9O2. The van der Waals surface area contributed by atoms with E-state index < -0.39 is 0 Å². The fraction of sp³-hybridized carbons (Fsp3) is 0.257. The highest BCUT2D eigenvalue weighted by molar-refractivity contribution is 5.99. The predicted octanol–water partition coefficient (Wildman–Crippen LogP) is 4.17. The molecule has 0 aliphatic carbocycles. The molecular weight excluding hydrogens is 578 g/mol. The number of hydrogen-bond acceptors (Lipinski definition) is 8. The number of anilines is 2. The minimum atomic E-state index is -0.188. The molecule has 2 saturated heterocycles. The molecule has 3 aromatic carbocycles. The second-order valence-corrected chi connectivity index (χ2v) is 11.7. The fourth-order valence-corrected chi connectivity index (χ4v) is 6.22. The summed E-state index contributed by atoms with van der Waals surface area (Å²) in [5.41, 5.74) is 5.89. The van der Waals surface area contributed by atoms with Gasteiger partial charge in [0.15, 0.2) is 5.82 Å². The van der Waals surface area contributed by atoms with Gasteiger partial charge in [-0.25, -0.2) is 9.97 Å². The lowest BCUT2D eigenvalue weighted by Crippen LogP contribution is -2.51. The van der Waals surface area contributed by atoms with Gasteiger partial charge in [0.05, 0.1) is 35.3 Å². The van der Waals surface area contributed by atoms with Gasteiger partial charge in [0.2, 0.25) is 11.8 Å². The summed E-state index contributed by atoms with van der Waals surface area (Å²) in [5, 5.41) is 20.6. The van der Waals surface area contributed by atoms with Crippen molar-refractivity contribution in [1.82, 2.24) is 30.0 Å². The van der Waals surface area contributed by atoms with Gasteiger partial charge in [-0.15, -0.1) is 0 Å². The van der Waals surface area contributed by atoms with E-state index in [0.717, 1.165) is 46.5 Å². The molecule has 1 atom stereocenters. The highest BCUT2D eigenvalue weighted by Gasteiger charge is 2.31. The van der Waals surface area contributed by atoms with Crippen LogP contribution in [0.2, 0.25) is 0 Å².